The molecule has 20 heavy (non-hydrogen) atoms. The smallest absolute Gasteiger partial charge is 0.254 e. The molecule has 0 aliphatic carbocycles. The van der Waals surface area contributed by atoms with Crippen LogP contribution in [0.4, 0.5) is 0 Å². The number of hydrogen-bond donors (Lipinski definition) is 3. The van der Waals surface area contributed by atoms with Crippen molar-refractivity contribution in [2.45, 2.75) is 19.4 Å². The van der Waals surface area contributed by atoms with Crippen LogP contribution in [-0.2, 0) is 0 Å². The van der Waals surface area contributed by atoms with Crippen molar-refractivity contribution in [1.29, 1.82) is 0 Å². The highest BCUT2D eigenvalue weighted by Gasteiger charge is 2.45. The predicted molar refractivity (Wildman–Crippen MR) is 74.7 cm³/mol. The number of phenolic OH excluding ortho intramolecular Hbond substituents is 2. The van der Waals surface area contributed by atoms with Crippen molar-refractivity contribution in [3.8, 4) is 11.5 Å². The van der Waals surface area contributed by atoms with Gasteiger partial charge in [-0.2, -0.15) is 0 Å². The van der Waals surface area contributed by atoms with Crippen LogP contribution < -0.4 is 5.32 Å². The zero-order chi connectivity index (χ0) is 14.3. The minimum absolute atomic E-state index is 0.0541. The van der Waals surface area contributed by atoms with E-state index in [4.69, 9.17) is 0 Å². The Morgan fingerprint density at radius 2 is 2.15 bits per heavy atom. The van der Waals surface area contributed by atoms with Gasteiger partial charge in [-0.15, -0.1) is 0 Å². The maximum Gasteiger partial charge on any atom is 0.254 e. The summed E-state index contributed by atoms with van der Waals surface area (Å²) in [6.07, 6.45) is 0.943. The number of phenols is 2. The van der Waals surface area contributed by atoms with E-state index in [1.807, 2.05) is 4.90 Å². The van der Waals surface area contributed by atoms with Crippen LogP contribution in [0.1, 0.15) is 23.7 Å². The third kappa shape index (κ3) is 2.02. The molecule has 3 unspecified atom stereocenters. The number of carbonyl (C=O) groups is 1. The molecule has 2 aliphatic heterocycles. The van der Waals surface area contributed by atoms with Crippen molar-refractivity contribution in [3.05, 3.63) is 23.8 Å². The van der Waals surface area contributed by atoms with Crippen molar-refractivity contribution in [3.63, 3.8) is 0 Å². The molecule has 0 bridgehead atoms. The highest BCUT2D eigenvalue weighted by atomic mass is 16.3. The van der Waals surface area contributed by atoms with Crippen molar-refractivity contribution >= 4 is 5.91 Å². The zero-order valence-corrected chi connectivity index (χ0v) is 11.5. The first-order valence-electron chi connectivity index (χ1n) is 7.15. The highest BCUT2D eigenvalue weighted by Crippen LogP contribution is 2.35. The van der Waals surface area contributed by atoms with Crippen LogP contribution in [0.2, 0.25) is 0 Å². The Bertz CT molecular complexity index is 532. The fourth-order valence-electron chi connectivity index (χ4n) is 3.60. The third-order valence-corrected chi connectivity index (χ3v) is 4.62. The van der Waals surface area contributed by atoms with E-state index in [-0.39, 0.29) is 23.4 Å². The molecule has 3 atom stereocenters. The molecule has 0 spiro atoms. The van der Waals surface area contributed by atoms with E-state index in [0.717, 1.165) is 26.1 Å². The van der Waals surface area contributed by atoms with Gasteiger partial charge in [0.1, 0.15) is 0 Å². The summed E-state index contributed by atoms with van der Waals surface area (Å²) in [5.74, 6) is 0.576. The summed E-state index contributed by atoms with van der Waals surface area (Å²) in [4.78, 5) is 14.6. The van der Waals surface area contributed by atoms with E-state index in [9.17, 15) is 15.0 Å². The lowest BCUT2D eigenvalue weighted by molar-refractivity contribution is 0.0711. The first kappa shape index (κ1) is 13.2. The average Bonchev–Trinajstić information content (AvgIpc) is 3.01. The summed E-state index contributed by atoms with van der Waals surface area (Å²) in [7, 11) is 0. The normalized spacial score (nSPS) is 28.6. The second-order valence-electron chi connectivity index (χ2n) is 5.72. The summed E-state index contributed by atoms with van der Waals surface area (Å²) in [6, 6.07) is 4.54. The van der Waals surface area contributed by atoms with E-state index in [1.54, 1.807) is 6.07 Å². The van der Waals surface area contributed by atoms with Crippen LogP contribution in [0.5, 0.6) is 11.5 Å². The molecule has 3 N–H and O–H groups in total. The van der Waals surface area contributed by atoms with Crippen molar-refractivity contribution in [1.82, 2.24) is 10.2 Å². The largest absolute Gasteiger partial charge is 0.504 e. The summed E-state index contributed by atoms with van der Waals surface area (Å²) < 4.78 is 0. The Morgan fingerprint density at radius 3 is 2.85 bits per heavy atom. The number of amides is 1. The molecule has 2 aliphatic rings. The number of aromatic hydroxyl groups is 2. The Balaban J connectivity index is 1.84. The van der Waals surface area contributed by atoms with Gasteiger partial charge in [0.2, 0.25) is 0 Å². The van der Waals surface area contributed by atoms with Gasteiger partial charge in [0, 0.05) is 31.2 Å². The number of likely N-dealkylation sites (tertiary alicyclic amines) is 1. The molecular weight excluding hydrogens is 256 g/mol. The van der Waals surface area contributed by atoms with Crippen LogP contribution in [0.3, 0.4) is 0 Å². The fourth-order valence-corrected chi connectivity index (χ4v) is 3.60. The van der Waals surface area contributed by atoms with Gasteiger partial charge in [-0.3, -0.25) is 4.79 Å². The quantitative estimate of drug-likeness (QED) is 0.709. The summed E-state index contributed by atoms with van der Waals surface area (Å²) in [5, 5.41) is 22.3. The molecule has 2 fully saturated rings. The highest BCUT2D eigenvalue weighted by molar-refractivity contribution is 5.95. The number of nitrogens with zero attached hydrogens (tertiary/aromatic N) is 1. The predicted octanol–water partition coefficient (Wildman–Crippen LogP) is 1.17. The first-order valence-corrected chi connectivity index (χ1v) is 7.15. The first-order chi connectivity index (χ1) is 9.61. The lowest BCUT2D eigenvalue weighted by Gasteiger charge is -2.27. The van der Waals surface area contributed by atoms with Crippen molar-refractivity contribution < 1.29 is 15.0 Å². The number of carbonyl (C=O) groups excluding carboxylic acids is 1. The molecule has 3 rings (SSSR count). The van der Waals surface area contributed by atoms with Gasteiger partial charge in [0.05, 0.1) is 0 Å². The molecule has 0 aromatic heterocycles. The topological polar surface area (TPSA) is 72.8 Å². The van der Waals surface area contributed by atoms with Gasteiger partial charge in [-0.05, 0) is 36.5 Å². The van der Waals surface area contributed by atoms with Crippen LogP contribution in [0.25, 0.3) is 0 Å². The standard InChI is InChI=1S/C15H20N2O3/c1-2-12-11-7-16-6-10(11)8-17(12)15(20)9-3-4-13(18)14(19)5-9/h3-5,10-12,16,18-19H,2,6-8H2,1H3. The Morgan fingerprint density at radius 1 is 1.35 bits per heavy atom. The van der Waals surface area contributed by atoms with Gasteiger partial charge in [0.15, 0.2) is 11.5 Å². The van der Waals surface area contributed by atoms with Gasteiger partial charge in [-0.25, -0.2) is 0 Å². The van der Waals surface area contributed by atoms with Gasteiger partial charge >= 0.3 is 0 Å². The fraction of sp³-hybridized carbons (Fsp3) is 0.533. The number of rotatable bonds is 2. The molecule has 5 heteroatoms. The lowest BCUT2D eigenvalue weighted by Crippen LogP contribution is -2.39. The maximum absolute atomic E-state index is 12.6. The minimum Gasteiger partial charge on any atom is -0.504 e. The zero-order valence-electron chi connectivity index (χ0n) is 11.5. The van der Waals surface area contributed by atoms with E-state index >= 15 is 0 Å². The molecule has 0 radical (unpaired) electrons. The van der Waals surface area contributed by atoms with Crippen LogP contribution in [-0.4, -0.2) is 46.7 Å². The molecule has 2 heterocycles. The summed E-state index contributed by atoms with van der Waals surface area (Å²) >= 11 is 0. The summed E-state index contributed by atoms with van der Waals surface area (Å²) in [5.41, 5.74) is 0.437. The van der Waals surface area contributed by atoms with Crippen LogP contribution in [0, 0.1) is 11.8 Å². The van der Waals surface area contributed by atoms with Gasteiger partial charge in [-0.1, -0.05) is 6.92 Å². The number of benzene rings is 1. The molecule has 1 aromatic rings. The van der Waals surface area contributed by atoms with Gasteiger partial charge < -0.3 is 20.4 Å². The molecular formula is C15H20N2O3. The lowest BCUT2D eigenvalue weighted by atomic mass is 9.93. The number of fused-ring (bicyclic) bond motifs is 1. The number of hydrogen-bond acceptors (Lipinski definition) is 4. The van der Waals surface area contributed by atoms with E-state index in [2.05, 4.69) is 12.2 Å². The monoisotopic (exact) mass is 276 g/mol. The minimum atomic E-state index is -0.245. The van der Waals surface area contributed by atoms with E-state index in [0.29, 0.717) is 17.4 Å². The summed E-state index contributed by atoms with van der Waals surface area (Å²) in [6.45, 7) is 4.84. The Hall–Kier alpha value is -1.75. The third-order valence-electron chi connectivity index (χ3n) is 4.62. The SMILES string of the molecule is CCC1C2CNCC2CN1C(=O)c1ccc(O)c(O)c1. The second kappa shape index (κ2) is 4.98. The van der Waals surface area contributed by atoms with Crippen molar-refractivity contribution in [2.75, 3.05) is 19.6 Å². The van der Waals surface area contributed by atoms with Crippen LogP contribution >= 0.6 is 0 Å². The molecule has 1 amide bonds. The van der Waals surface area contributed by atoms with Gasteiger partial charge in [0.25, 0.3) is 5.91 Å². The molecule has 2 saturated heterocycles. The Labute approximate surface area is 118 Å². The van der Waals surface area contributed by atoms with E-state index < -0.39 is 0 Å². The molecule has 0 saturated carbocycles. The van der Waals surface area contributed by atoms with E-state index in [1.165, 1.54) is 12.1 Å². The average molecular weight is 276 g/mol. The molecule has 5 nitrogen and oxygen atoms in total. The second-order valence-corrected chi connectivity index (χ2v) is 5.72. The Kier molecular flexibility index (Phi) is 3.30. The van der Waals surface area contributed by atoms with Crippen LogP contribution in [0.15, 0.2) is 18.2 Å². The molecule has 1 aromatic carbocycles. The number of nitrogens with one attached hydrogen (secondary N) is 1. The molecule has 108 valence electrons. The van der Waals surface area contributed by atoms with Crippen molar-refractivity contribution in [2.24, 2.45) is 11.8 Å². The maximum atomic E-state index is 12.6.